The number of aromatic nitrogens is 2. The molecule has 4 aromatic carbocycles. The van der Waals surface area contributed by atoms with Gasteiger partial charge in [-0.3, -0.25) is 9.89 Å². The van der Waals surface area contributed by atoms with E-state index < -0.39 is 5.92 Å². The summed E-state index contributed by atoms with van der Waals surface area (Å²) in [5.41, 5.74) is 6.83. The molecule has 0 bridgehead atoms. The van der Waals surface area contributed by atoms with Gasteiger partial charge in [-0.2, -0.15) is 15.2 Å². The molecule has 0 saturated heterocycles. The van der Waals surface area contributed by atoms with Gasteiger partial charge >= 0.3 is 0 Å². The number of amides is 1. The topological polar surface area (TPSA) is 61.4 Å². The van der Waals surface area contributed by atoms with Crippen LogP contribution in [0.3, 0.4) is 0 Å². The van der Waals surface area contributed by atoms with Crippen LogP contribution in [0, 0.1) is 4.64 Å². The zero-order valence-corrected chi connectivity index (χ0v) is 20.6. The van der Waals surface area contributed by atoms with Crippen molar-refractivity contribution >= 4 is 29.5 Å². The number of benzene rings is 4. The standard InChI is InChI=1S/C31H22N4OS/c36-31-28(29(24-12-6-2-7-13-24)34-35(31)25-14-8-3-9-15-25)26-20-27(32-33-30(26)37)23-18-16-22(17-19-23)21-10-4-1-5-11-21/h1-20,28H,(H,33,37). The summed E-state index contributed by atoms with van der Waals surface area (Å²) in [6, 6.07) is 39.5. The highest BCUT2D eigenvalue weighted by Crippen LogP contribution is 2.35. The van der Waals surface area contributed by atoms with Crippen molar-refractivity contribution in [2.75, 3.05) is 5.01 Å². The Labute approximate surface area is 219 Å². The van der Waals surface area contributed by atoms with E-state index in [0.717, 1.165) is 22.3 Å². The molecule has 1 N–H and O–H groups in total. The minimum atomic E-state index is -0.656. The molecule has 1 aliphatic heterocycles. The Hall–Kier alpha value is -4.68. The van der Waals surface area contributed by atoms with Gasteiger partial charge in [0.25, 0.3) is 5.91 Å². The SMILES string of the molecule is O=C1C(c2cc(-c3ccc(-c4ccccc4)cc3)n[nH]c2=S)C(c2ccccc2)=NN1c1ccccc1. The van der Waals surface area contributed by atoms with Crippen molar-refractivity contribution in [1.29, 1.82) is 0 Å². The summed E-state index contributed by atoms with van der Waals surface area (Å²) < 4.78 is 0.418. The molecule has 1 unspecified atom stereocenters. The summed E-state index contributed by atoms with van der Waals surface area (Å²) in [7, 11) is 0. The maximum absolute atomic E-state index is 13.8. The van der Waals surface area contributed by atoms with Gasteiger partial charge in [-0.05, 0) is 34.9 Å². The van der Waals surface area contributed by atoms with Gasteiger partial charge in [-0.1, -0.05) is 115 Å². The largest absolute Gasteiger partial charge is 0.271 e. The predicted molar refractivity (Wildman–Crippen MR) is 150 cm³/mol. The third-order valence-corrected chi connectivity index (χ3v) is 6.77. The van der Waals surface area contributed by atoms with Crippen LogP contribution in [0.4, 0.5) is 5.69 Å². The molecule has 0 radical (unpaired) electrons. The van der Waals surface area contributed by atoms with Crippen molar-refractivity contribution < 1.29 is 4.79 Å². The van der Waals surface area contributed by atoms with E-state index >= 15 is 0 Å². The van der Waals surface area contributed by atoms with E-state index in [1.54, 1.807) is 0 Å². The highest BCUT2D eigenvalue weighted by molar-refractivity contribution is 7.71. The fourth-order valence-electron chi connectivity index (χ4n) is 4.57. The summed E-state index contributed by atoms with van der Waals surface area (Å²) >= 11 is 5.65. The number of para-hydroxylation sites is 1. The number of nitrogens with one attached hydrogen (secondary N) is 1. The lowest BCUT2D eigenvalue weighted by molar-refractivity contribution is -0.118. The summed E-state index contributed by atoms with van der Waals surface area (Å²) in [6.45, 7) is 0. The van der Waals surface area contributed by atoms with Gasteiger partial charge in [0.1, 0.15) is 10.6 Å². The molecular weight excluding hydrogens is 476 g/mol. The van der Waals surface area contributed by atoms with Gasteiger partial charge in [0, 0.05) is 11.1 Å². The first-order valence-electron chi connectivity index (χ1n) is 12.0. The van der Waals surface area contributed by atoms with Gasteiger partial charge in [-0.15, -0.1) is 0 Å². The molecule has 0 saturated carbocycles. The van der Waals surface area contributed by atoms with Crippen molar-refractivity contribution in [3.8, 4) is 22.4 Å². The fourth-order valence-corrected chi connectivity index (χ4v) is 4.79. The third-order valence-electron chi connectivity index (χ3n) is 6.44. The van der Waals surface area contributed by atoms with Gasteiger partial charge in [0.15, 0.2) is 0 Å². The number of carbonyl (C=O) groups is 1. The number of nitrogens with zero attached hydrogens (tertiary/aromatic N) is 3. The molecule has 37 heavy (non-hydrogen) atoms. The van der Waals surface area contributed by atoms with Gasteiger partial charge in [-0.25, -0.2) is 0 Å². The van der Waals surface area contributed by atoms with E-state index in [2.05, 4.69) is 34.5 Å². The molecule has 0 spiro atoms. The van der Waals surface area contributed by atoms with Crippen molar-refractivity contribution in [1.82, 2.24) is 10.2 Å². The van der Waals surface area contributed by atoms with Gasteiger partial charge in [0.05, 0.1) is 17.1 Å². The Morgan fingerprint density at radius 2 is 1.22 bits per heavy atom. The Balaban J connectivity index is 1.41. The summed E-state index contributed by atoms with van der Waals surface area (Å²) in [6.07, 6.45) is 0. The highest BCUT2D eigenvalue weighted by Gasteiger charge is 2.39. The minimum Gasteiger partial charge on any atom is -0.271 e. The number of hydrazone groups is 1. The first-order chi connectivity index (χ1) is 18.2. The van der Waals surface area contributed by atoms with Crippen molar-refractivity contribution in [3.63, 3.8) is 0 Å². The van der Waals surface area contributed by atoms with E-state index in [-0.39, 0.29) is 5.91 Å². The number of anilines is 1. The quantitative estimate of drug-likeness (QED) is 0.265. The molecule has 178 valence electrons. The van der Waals surface area contributed by atoms with Crippen LogP contribution < -0.4 is 5.01 Å². The van der Waals surface area contributed by atoms with Crippen LogP contribution in [0.25, 0.3) is 22.4 Å². The van der Waals surface area contributed by atoms with Crippen LogP contribution in [0.15, 0.2) is 126 Å². The first kappa shape index (κ1) is 22.8. The van der Waals surface area contributed by atoms with Crippen molar-refractivity contribution in [3.05, 3.63) is 137 Å². The number of H-pyrrole nitrogens is 1. The average molecular weight is 499 g/mol. The molecule has 0 aliphatic carbocycles. The second kappa shape index (κ2) is 9.76. The molecule has 1 amide bonds. The van der Waals surface area contributed by atoms with Crippen LogP contribution in [0.2, 0.25) is 0 Å². The fraction of sp³-hybridized carbons (Fsp3) is 0.0323. The molecular formula is C31H22N4OS. The Bertz CT molecular complexity index is 1650. The van der Waals surface area contributed by atoms with Crippen LogP contribution in [-0.4, -0.2) is 21.8 Å². The Kier molecular flexibility index (Phi) is 6.00. The number of rotatable bonds is 5. The maximum atomic E-state index is 13.8. The molecule has 1 aromatic heterocycles. The molecule has 6 rings (SSSR count). The van der Waals surface area contributed by atoms with E-state index in [1.165, 1.54) is 5.01 Å². The zero-order valence-electron chi connectivity index (χ0n) is 19.8. The molecule has 5 nitrogen and oxygen atoms in total. The minimum absolute atomic E-state index is 0.152. The molecule has 6 heteroatoms. The average Bonchev–Trinajstić information content (AvgIpc) is 3.31. The van der Waals surface area contributed by atoms with Crippen LogP contribution in [0.5, 0.6) is 0 Å². The second-order valence-electron chi connectivity index (χ2n) is 8.75. The number of carbonyl (C=O) groups excluding carboxylic acids is 1. The zero-order chi connectivity index (χ0) is 25.2. The van der Waals surface area contributed by atoms with Crippen LogP contribution >= 0.6 is 12.2 Å². The normalized spacial score (nSPS) is 15.0. The Morgan fingerprint density at radius 3 is 1.86 bits per heavy atom. The number of aromatic amines is 1. The van der Waals surface area contributed by atoms with E-state index in [4.69, 9.17) is 17.3 Å². The molecule has 5 aromatic rings. The predicted octanol–water partition coefficient (Wildman–Crippen LogP) is 7.01. The lowest BCUT2D eigenvalue weighted by Crippen LogP contribution is -2.26. The van der Waals surface area contributed by atoms with Crippen molar-refractivity contribution in [2.24, 2.45) is 5.10 Å². The van der Waals surface area contributed by atoms with E-state index in [9.17, 15) is 4.79 Å². The summed E-state index contributed by atoms with van der Waals surface area (Å²) in [5, 5.41) is 13.7. The first-order valence-corrected chi connectivity index (χ1v) is 12.4. The number of hydrogen-bond acceptors (Lipinski definition) is 4. The molecule has 1 aliphatic rings. The van der Waals surface area contributed by atoms with E-state index in [1.807, 2.05) is 97.1 Å². The summed E-state index contributed by atoms with van der Waals surface area (Å²) in [4.78, 5) is 13.8. The lowest BCUT2D eigenvalue weighted by Gasteiger charge is -2.15. The second-order valence-corrected chi connectivity index (χ2v) is 9.16. The van der Waals surface area contributed by atoms with Crippen LogP contribution in [0.1, 0.15) is 17.0 Å². The monoisotopic (exact) mass is 498 g/mol. The third kappa shape index (κ3) is 4.39. The molecule has 2 heterocycles. The van der Waals surface area contributed by atoms with Crippen molar-refractivity contribution in [2.45, 2.75) is 5.92 Å². The van der Waals surface area contributed by atoms with Gasteiger partial charge < -0.3 is 0 Å². The summed E-state index contributed by atoms with van der Waals surface area (Å²) in [5.74, 6) is -0.808. The van der Waals surface area contributed by atoms with Crippen LogP contribution in [-0.2, 0) is 4.79 Å². The highest BCUT2D eigenvalue weighted by atomic mass is 32.1. The van der Waals surface area contributed by atoms with E-state index in [0.29, 0.717) is 27.3 Å². The Morgan fingerprint density at radius 1 is 0.676 bits per heavy atom. The smallest absolute Gasteiger partial charge is 0.261 e. The van der Waals surface area contributed by atoms with Gasteiger partial charge in [0.2, 0.25) is 0 Å². The lowest BCUT2D eigenvalue weighted by atomic mass is 9.90. The maximum Gasteiger partial charge on any atom is 0.261 e. The molecule has 0 fully saturated rings. The molecule has 1 atom stereocenters. The number of hydrogen-bond donors (Lipinski definition) is 1.